The van der Waals surface area contributed by atoms with Crippen molar-refractivity contribution >= 4 is 21.9 Å². The average molecular weight is 364 g/mol. The number of piperidine rings is 1. The number of anilines is 1. The number of hydrogen-bond donors (Lipinski definition) is 1. The van der Waals surface area contributed by atoms with Crippen LogP contribution in [-0.2, 0) is 10.0 Å². The Morgan fingerprint density at radius 1 is 1.28 bits per heavy atom. The van der Waals surface area contributed by atoms with Gasteiger partial charge in [0.2, 0.25) is 15.9 Å². The van der Waals surface area contributed by atoms with Gasteiger partial charge in [0.25, 0.3) is 5.91 Å². The molecule has 1 amide bonds. The lowest BCUT2D eigenvalue weighted by Gasteiger charge is -2.30. The molecule has 0 spiro atoms. The zero-order chi connectivity index (χ0) is 18.0. The highest BCUT2D eigenvalue weighted by Crippen LogP contribution is 2.23. The monoisotopic (exact) mass is 364 g/mol. The van der Waals surface area contributed by atoms with Crippen LogP contribution in [0.3, 0.4) is 0 Å². The normalized spacial score (nSPS) is 18.9. The molecule has 1 aliphatic heterocycles. The summed E-state index contributed by atoms with van der Waals surface area (Å²) in [5.41, 5.74) is 0.307. The summed E-state index contributed by atoms with van der Waals surface area (Å²) in [6, 6.07) is 5.84. The topological polar surface area (TPSA) is 105 Å². The first kappa shape index (κ1) is 17.6. The Morgan fingerprint density at radius 2 is 2.00 bits per heavy atom. The molecule has 9 heteroatoms. The summed E-state index contributed by atoms with van der Waals surface area (Å²) in [7, 11) is -3.53. The molecule has 134 valence electrons. The number of benzene rings is 1. The van der Waals surface area contributed by atoms with Crippen LogP contribution in [0.5, 0.6) is 0 Å². The van der Waals surface area contributed by atoms with E-state index in [4.69, 9.17) is 4.42 Å². The maximum atomic E-state index is 12.7. The van der Waals surface area contributed by atoms with E-state index in [-0.39, 0.29) is 10.9 Å². The number of carbonyl (C=O) groups excluding carboxylic acids is 1. The molecule has 0 saturated carbocycles. The Morgan fingerprint density at radius 3 is 2.60 bits per heavy atom. The highest BCUT2D eigenvalue weighted by molar-refractivity contribution is 7.89. The van der Waals surface area contributed by atoms with Crippen molar-refractivity contribution < 1.29 is 17.6 Å². The molecule has 1 saturated heterocycles. The lowest BCUT2D eigenvalue weighted by molar-refractivity contribution is 0.102. The smallest absolute Gasteiger partial charge is 0.322 e. The number of rotatable bonds is 4. The second-order valence-corrected chi connectivity index (χ2v) is 8.15. The van der Waals surface area contributed by atoms with Crippen LogP contribution in [0.25, 0.3) is 0 Å². The lowest BCUT2D eigenvalue weighted by Crippen LogP contribution is -2.39. The highest BCUT2D eigenvalue weighted by atomic mass is 32.2. The van der Waals surface area contributed by atoms with Gasteiger partial charge in [0.1, 0.15) is 0 Å². The fourth-order valence-corrected chi connectivity index (χ4v) is 4.41. The SMILES string of the molecule is Cc1nnc(NC(=O)c2ccc(S(=O)(=O)N3CCCC(C)C3)cc2)o1. The van der Waals surface area contributed by atoms with Crippen molar-refractivity contribution in [3.63, 3.8) is 0 Å². The first-order chi connectivity index (χ1) is 11.9. The molecule has 1 N–H and O–H groups in total. The van der Waals surface area contributed by atoms with Gasteiger partial charge in [0.05, 0.1) is 4.90 Å². The summed E-state index contributed by atoms with van der Waals surface area (Å²) in [5, 5.41) is 9.77. The number of nitrogens with one attached hydrogen (secondary N) is 1. The van der Waals surface area contributed by atoms with Crippen LogP contribution in [-0.4, -0.2) is 41.9 Å². The van der Waals surface area contributed by atoms with E-state index in [1.165, 1.54) is 28.6 Å². The molecule has 1 aliphatic rings. The zero-order valence-corrected chi connectivity index (χ0v) is 14.9. The summed E-state index contributed by atoms with van der Waals surface area (Å²) in [6.45, 7) is 4.73. The largest absolute Gasteiger partial charge is 0.408 e. The van der Waals surface area contributed by atoms with Gasteiger partial charge in [-0.2, -0.15) is 4.31 Å². The molecular weight excluding hydrogens is 344 g/mol. The number of carbonyl (C=O) groups is 1. The minimum absolute atomic E-state index is 0.00139. The van der Waals surface area contributed by atoms with Gasteiger partial charge in [-0.15, -0.1) is 5.10 Å². The van der Waals surface area contributed by atoms with Gasteiger partial charge in [-0.3, -0.25) is 10.1 Å². The quantitative estimate of drug-likeness (QED) is 0.890. The summed E-state index contributed by atoms with van der Waals surface area (Å²) in [5.74, 6) is 0.248. The molecule has 8 nitrogen and oxygen atoms in total. The van der Waals surface area contributed by atoms with Crippen LogP contribution >= 0.6 is 0 Å². The molecule has 3 rings (SSSR count). The Balaban J connectivity index is 1.74. The number of aryl methyl sites for hydroxylation is 1. The molecule has 25 heavy (non-hydrogen) atoms. The van der Waals surface area contributed by atoms with E-state index in [1.807, 2.05) is 6.92 Å². The minimum Gasteiger partial charge on any atom is -0.408 e. The molecule has 1 atom stereocenters. The molecule has 0 bridgehead atoms. The third-order valence-electron chi connectivity index (χ3n) is 4.12. The number of sulfonamides is 1. The van der Waals surface area contributed by atoms with E-state index < -0.39 is 15.9 Å². The van der Waals surface area contributed by atoms with E-state index in [2.05, 4.69) is 15.5 Å². The Bertz CT molecular complexity index is 861. The summed E-state index contributed by atoms with van der Waals surface area (Å²) in [6.07, 6.45) is 1.91. The van der Waals surface area contributed by atoms with E-state index in [0.29, 0.717) is 30.5 Å². The van der Waals surface area contributed by atoms with Crippen molar-refractivity contribution in [2.45, 2.75) is 31.6 Å². The third kappa shape index (κ3) is 3.88. The molecule has 1 unspecified atom stereocenters. The Labute approximate surface area is 146 Å². The summed E-state index contributed by atoms with van der Waals surface area (Å²) >= 11 is 0. The average Bonchev–Trinajstić information content (AvgIpc) is 3.00. The first-order valence-corrected chi connectivity index (χ1v) is 9.52. The third-order valence-corrected chi connectivity index (χ3v) is 6.00. The zero-order valence-electron chi connectivity index (χ0n) is 14.1. The maximum absolute atomic E-state index is 12.7. The van der Waals surface area contributed by atoms with Crippen LogP contribution in [0.15, 0.2) is 33.6 Å². The van der Waals surface area contributed by atoms with Gasteiger partial charge in [-0.1, -0.05) is 12.0 Å². The van der Waals surface area contributed by atoms with Crippen molar-refractivity contribution in [1.29, 1.82) is 0 Å². The van der Waals surface area contributed by atoms with Gasteiger partial charge in [-0.25, -0.2) is 8.42 Å². The molecule has 2 aromatic rings. The summed E-state index contributed by atoms with van der Waals surface area (Å²) < 4.78 is 32.0. The molecule has 1 aromatic heterocycles. The second-order valence-electron chi connectivity index (χ2n) is 6.22. The van der Waals surface area contributed by atoms with Crippen molar-refractivity contribution in [3.8, 4) is 0 Å². The second kappa shape index (κ2) is 6.93. The van der Waals surface area contributed by atoms with Gasteiger partial charge < -0.3 is 4.42 Å². The van der Waals surface area contributed by atoms with Crippen LogP contribution in [0.2, 0.25) is 0 Å². The highest BCUT2D eigenvalue weighted by Gasteiger charge is 2.28. The fourth-order valence-electron chi connectivity index (χ4n) is 2.81. The fraction of sp³-hybridized carbons (Fsp3) is 0.438. The van der Waals surface area contributed by atoms with Crippen LogP contribution in [0.4, 0.5) is 6.01 Å². The van der Waals surface area contributed by atoms with Gasteiger partial charge in [0, 0.05) is 25.6 Å². The van der Waals surface area contributed by atoms with Crippen LogP contribution < -0.4 is 5.32 Å². The van der Waals surface area contributed by atoms with Crippen molar-refractivity contribution in [2.24, 2.45) is 5.92 Å². The molecule has 0 aliphatic carbocycles. The van der Waals surface area contributed by atoms with E-state index in [1.54, 1.807) is 6.92 Å². The predicted molar refractivity (Wildman–Crippen MR) is 90.6 cm³/mol. The molecule has 2 heterocycles. The number of aromatic nitrogens is 2. The Kier molecular flexibility index (Phi) is 4.87. The summed E-state index contributed by atoms with van der Waals surface area (Å²) in [4.78, 5) is 12.3. The van der Waals surface area contributed by atoms with E-state index >= 15 is 0 Å². The minimum atomic E-state index is -3.53. The molecule has 0 radical (unpaired) electrons. The first-order valence-electron chi connectivity index (χ1n) is 8.08. The van der Waals surface area contributed by atoms with E-state index in [0.717, 1.165) is 12.8 Å². The molecule has 1 aromatic carbocycles. The number of nitrogens with zero attached hydrogens (tertiary/aromatic N) is 3. The van der Waals surface area contributed by atoms with Crippen molar-refractivity contribution in [1.82, 2.24) is 14.5 Å². The number of hydrogen-bond acceptors (Lipinski definition) is 6. The lowest BCUT2D eigenvalue weighted by atomic mass is 10.0. The van der Waals surface area contributed by atoms with Crippen molar-refractivity contribution in [3.05, 3.63) is 35.7 Å². The number of amides is 1. The molecular formula is C16H20N4O4S. The molecule has 1 fully saturated rings. The standard InChI is InChI=1S/C16H20N4O4S/c1-11-4-3-9-20(10-11)25(22,23)14-7-5-13(6-8-14)15(21)17-16-19-18-12(2)24-16/h5-8,11H,3-4,9-10H2,1-2H3,(H,17,19,21). The van der Waals surface area contributed by atoms with Gasteiger partial charge in [-0.05, 0) is 43.0 Å². The van der Waals surface area contributed by atoms with Crippen molar-refractivity contribution in [2.75, 3.05) is 18.4 Å². The van der Waals surface area contributed by atoms with Gasteiger partial charge in [0.15, 0.2) is 0 Å². The predicted octanol–water partition coefficient (Wildman–Crippen LogP) is 2.05. The Hall–Kier alpha value is -2.26. The van der Waals surface area contributed by atoms with E-state index in [9.17, 15) is 13.2 Å². The van der Waals surface area contributed by atoms with Crippen LogP contribution in [0.1, 0.15) is 36.0 Å². The maximum Gasteiger partial charge on any atom is 0.322 e. The van der Waals surface area contributed by atoms with Crippen LogP contribution in [0, 0.1) is 12.8 Å². The van der Waals surface area contributed by atoms with Gasteiger partial charge >= 0.3 is 6.01 Å².